The number of hydrogen-bond acceptors (Lipinski definition) is 0. The quantitative estimate of drug-likeness (QED) is 0.0464. The van der Waals surface area contributed by atoms with E-state index in [-0.39, 0.29) is 0 Å². The van der Waals surface area contributed by atoms with Gasteiger partial charge >= 0.3 is 0 Å². The van der Waals surface area contributed by atoms with Crippen molar-refractivity contribution < 1.29 is 4.57 Å². The van der Waals surface area contributed by atoms with Gasteiger partial charge in [-0.2, -0.15) is 0 Å². The van der Waals surface area contributed by atoms with Crippen LogP contribution < -0.4 is 4.57 Å². The zero-order chi connectivity index (χ0) is 38.0. The third-order valence-corrected chi connectivity index (χ3v) is 12.2. The summed E-state index contributed by atoms with van der Waals surface area (Å²) >= 11 is 0. The first-order valence-corrected chi connectivity index (χ1v) is 25.3. The monoisotopic (exact) mass is 739 g/mol. The molecule has 0 fully saturated rings. The number of hydrogen-bond donors (Lipinski definition) is 0. The minimum absolute atomic E-state index is 1.22. The molecule has 0 aliphatic rings. The van der Waals surface area contributed by atoms with Gasteiger partial charge in [-0.25, -0.2) is 4.57 Å². The van der Waals surface area contributed by atoms with Crippen LogP contribution in [0.1, 0.15) is 295 Å². The van der Waals surface area contributed by atoms with Crippen LogP contribution in [0.15, 0.2) is 18.5 Å². The summed E-state index contributed by atoms with van der Waals surface area (Å²) in [5, 5.41) is 0. The van der Waals surface area contributed by atoms with Crippen LogP contribution in [0.4, 0.5) is 0 Å². The second kappa shape index (κ2) is 42.3. The van der Waals surface area contributed by atoms with E-state index in [4.69, 9.17) is 0 Å². The summed E-state index contributed by atoms with van der Waals surface area (Å²) in [4.78, 5) is 0. The molecule has 0 spiro atoms. The van der Waals surface area contributed by atoms with Crippen LogP contribution >= 0.6 is 0 Å². The standard InChI is InChI=1S/C52H100N/c1-4-7-10-13-16-19-22-24-26-28-30-33-36-39-42-45-51-48-52(46-43-40-37-34-31-29-27-25-23-20-17-14-11-8-5-2)50-53(49-51)47-44-41-38-35-32-21-18-15-12-9-6-3/h48-50H,4-47H2,1-3H3/q+1. The first-order valence-electron chi connectivity index (χ1n) is 25.3. The molecular weight excluding hydrogens is 639 g/mol. The Hall–Kier alpha value is -0.850. The number of rotatable bonds is 44. The van der Waals surface area contributed by atoms with Gasteiger partial charge in [-0.05, 0) is 38.2 Å². The predicted molar refractivity (Wildman–Crippen MR) is 240 cm³/mol. The summed E-state index contributed by atoms with van der Waals surface area (Å²) in [6.07, 6.45) is 66.8. The van der Waals surface area contributed by atoms with Gasteiger partial charge in [0.25, 0.3) is 0 Å². The average molecular weight is 739 g/mol. The lowest BCUT2D eigenvalue weighted by molar-refractivity contribution is -0.698. The van der Waals surface area contributed by atoms with E-state index in [0.29, 0.717) is 0 Å². The van der Waals surface area contributed by atoms with Crippen LogP contribution in [0, 0.1) is 0 Å². The Balaban J connectivity index is 2.27. The average Bonchev–Trinajstić information content (AvgIpc) is 3.17. The maximum atomic E-state index is 2.59. The third-order valence-electron chi connectivity index (χ3n) is 12.2. The van der Waals surface area contributed by atoms with Crippen LogP contribution in [0.25, 0.3) is 0 Å². The molecule has 1 rings (SSSR count). The van der Waals surface area contributed by atoms with Crippen molar-refractivity contribution in [2.24, 2.45) is 0 Å². The topological polar surface area (TPSA) is 3.88 Å². The van der Waals surface area contributed by atoms with Crippen LogP contribution in [-0.2, 0) is 19.4 Å². The maximum absolute atomic E-state index is 2.59. The van der Waals surface area contributed by atoms with Crippen LogP contribution in [0.3, 0.4) is 0 Å². The number of unbranched alkanes of at least 4 members (excludes halogenated alkanes) is 38. The van der Waals surface area contributed by atoms with Gasteiger partial charge < -0.3 is 0 Å². The van der Waals surface area contributed by atoms with Crippen molar-refractivity contribution in [3.63, 3.8) is 0 Å². The predicted octanol–water partition coefficient (Wildman–Crippen LogP) is 18.1. The molecule has 1 aromatic heterocycles. The molecule has 0 N–H and O–H groups in total. The molecule has 1 heterocycles. The molecule has 0 radical (unpaired) electrons. The highest BCUT2D eigenvalue weighted by atomic mass is 14.9. The highest BCUT2D eigenvalue weighted by Crippen LogP contribution is 2.18. The Kier molecular flexibility index (Phi) is 40.0. The smallest absolute Gasteiger partial charge is 0.171 e. The molecule has 0 saturated carbocycles. The molecule has 0 aliphatic carbocycles. The van der Waals surface area contributed by atoms with E-state index in [2.05, 4.69) is 43.8 Å². The van der Waals surface area contributed by atoms with E-state index in [9.17, 15) is 0 Å². The second-order valence-electron chi connectivity index (χ2n) is 17.7. The molecule has 1 aromatic rings. The summed E-state index contributed by atoms with van der Waals surface area (Å²) in [5.74, 6) is 0. The van der Waals surface area contributed by atoms with Crippen LogP contribution in [-0.4, -0.2) is 0 Å². The summed E-state index contributed by atoms with van der Waals surface area (Å²) in [7, 11) is 0. The fraction of sp³-hybridized carbons (Fsp3) is 0.904. The second-order valence-corrected chi connectivity index (χ2v) is 17.7. The highest BCUT2D eigenvalue weighted by molar-refractivity contribution is 5.15. The molecule has 0 aliphatic heterocycles. The van der Waals surface area contributed by atoms with Crippen molar-refractivity contribution in [2.75, 3.05) is 0 Å². The third kappa shape index (κ3) is 36.5. The summed E-state index contributed by atoms with van der Waals surface area (Å²) in [6, 6.07) is 2.59. The molecular formula is C52H100N+. The minimum atomic E-state index is 1.22. The lowest BCUT2D eigenvalue weighted by Crippen LogP contribution is -2.34. The molecule has 0 atom stereocenters. The zero-order valence-electron chi connectivity index (χ0n) is 37.3. The fourth-order valence-corrected chi connectivity index (χ4v) is 8.54. The van der Waals surface area contributed by atoms with E-state index < -0.39 is 0 Å². The molecule has 0 aromatic carbocycles. The Morgan fingerprint density at radius 1 is 0.264 bits per heavy atom. The van der Waals surface area contributed by atoms with Crippen LogP contribution in [0.5, 0.6) is 0 Å². The largest absolute Gasteiger partial charge is 0.205 e. The molecule has 0 saturated heterocycles. The first kappa shape index (κ1) is 50.2. The van der Waals surface area contributed by atoms with E-state index in [1.807, 2.05) is 0 Å². The van der Waals surface area contributed by atoms with E-state index >= 15 is 0 Å². The Labute approximate surface area is 336 Å². The SMILES string of the molecule is CCCCCCCCCCCCCCCCCc1cc(CCCCCCCCCCCCCCCCC)c[n+](CCCCCCCCCCCCC)c1. The van der Waals surface area contributed by atoms with Gasteiger partial charge in [-0.3, -0.25) is 0 Å². The lowest BCUT2D eigenvalue weighted by atomic mass is 10.0. The van der Waals surface area contributed by atoms with Gasteiger partial charge in [0.1, 0.15) is 6.54 Å². The Morgan fingerprint density at radius 2 is 0.472 bits per heavy atom. The normalized spacial score (nSPS) is 11.6. The van der Waals surface area contributed by atoms with E-state index in [1.54, 1.807) is 11.1 Å². The molecule has 1 nitrogen and oxygen atoms in total. The van der Waals surface area contributed by atoms with Gasteiger partial charge in [0, 0.05) is 17.5 Å². The first-order chi connectivity index (χ1) is 26.3. The Bertz CT molecular complexity index is 776. The number of pyridine rings is 1. The van der Waals surface area contributed by atoms with Gasteiger partial charge in [0.05, 0.1) is 0 Å². The van der Waals surface area contributed by atoms with Gasteiger partial charge in [0.15, 0.2) is 12.4 Å². The fourth-order valence-electron chi connectivity index (χ4n) is 8.54. The van der Waals surface area contributed by atoms with Gasteiger partial charge in [-0.15, -0.1) is 0 Å². The van der Waals surface area contributed by atoms with Crippen molar-refractivity contribution in [3.8, 4) is 0 Å². The van der Waals surface area contributed by atoms with Gasteiger partial charge in [0.2, 0.25) is 0 Å². The van der Waals surface area contributed by atoms with Gasteiger partial charge in [-0.1, -0.05) is 258 Å². The molecule has 0 unspecified atom stereocenters. The van der Waals surface area contributed by atoms with E-state index in [0.717, 1.165) is 0 Å². The summed E-state index contributed by atoms with van der Waals surface area (Å²) < 4.78 is 2.59. The molecule has 0 amide bonds. The number of aromatic nitrogens is 1. The molecule has 1 heteroatoms. The van der Waals surface area contributed by atoms with Crippen LogP contribution in [0.2, 0.25) is 0 Å². The van der Waals surface area contributed by atoms with Crippen molar-refractivity contribution in [1.29, 1.82) is 0 Å². The molecule has 53 heavy (non-hydrogen) atoms. The number of nitrogens with zero attached hydrogens (tertiary/aromatic N) is 1. The van der Waals surface area contributed by atoms with Crippen molar-refractivity contribution >= 4 is 0 Å². The molecule has 0 bridgehead atoms. The highest BCUT2D eigenvalue weighted by Gasteiger charge is 2.09. The minimum Gasteiger partial charge on any atom is -0.205 e. The number of aryl methyl sites for hydroxylation is 3. The molecule has 312 valence electrons. The lowest BCUT2D eigenvalue weighted by Gasteiger charge is -2.08. The summed E-state index contributed by atoms with van der Waals surface area (Å²) in [5.41, 5.74) is 3.22. The Morgan fingerprint density at radius 3 is 0.717 bits per heavy atom. The van der Waals surface area contributed by atoms with Crippen molar-refractivity contribution in [2.45, 2.75) is 303 Å². The van der Waals surface area contributed by atoms with Crippen molar-refractivity contribution in [1.82, 2.24) is 0 Å². The zero-order valence-corrected chi connectivity index (χ0v) is 37.3. The van der Waals surface area contributed by atoms with Crippen molar-refractivity contribution in [3.05, 3.63) is 29.6 Å². The summed E-state index contributed by atoms with van der Waals surface area (Å²) in [6.45, 7) is 8.17. The maximum Gasteiger partial charge on any atom is 0.171 e. The van der Waals surface area contributed by atoms with E-state index in [1.165, 1.54) is 283 Å².